The lowest BCUT2D eigenvalue weighted by molar-refractivity contribution is 0.0481. The lowest BCUT2D eigenvalue weighted by atomic mass is 10.1. The Labute approximate surface area is 147 Å². The fourth-order valence-corrected chi connectivity index (χ4v) is 3.71. The number of nitrogens with zero attached hydrogens (tertiary/aromatic N) is 3. The van der Waals surface area contributed by atoms with Crippen molar-refractivity contribution in [2.75, 3.05) is 32.8 Å². The molecule has 0 spiro atoms. The molecule has 6 heteroatoms. The summed E-state index contributed by atoms with van der Waals surface area (Å²) < 4.78 is 11.5. The van der Waals surface area contributed by atoms with E-state index in [4.69, 9.17) is 9.15 Å². The van der Waals surface area contributed by atoms with E-state index in [2.05, 4.69) is 9.88 Å². The largest absolute Gasteiger partial charge is 0.468 e. The van der Waals surface area contributed by atoms with Gasteiger partial charge in [0.2, 0.25) is 0 Å². The van der Waals surface area contributed by atoms with E-state index in [9.17, 15) is 4.79 Å². The highest BCUT2D eigenvalue weighted by Gasteiger charge is 2.39. The zero-order chi connectivity index (χ0) is 17.2. The predicted molar refractivity (Wildman–Crippen MR) is 92.1 cm³/mol. The summed E-state index contributed by atoms with van der Waals surface area (Å²) in [6, 6.07) is 7.66. The van der Waals surface area contributed by atoms with Crippen molar-refractivity contribution in [2.24, 2.45) is 5.92 Å². The second-order valence-electron chi connectivity index (χ2n) is 6.91. The first-order valence-corrected chi connectivity index (χ1v) is 8.77. The predicted octanol–water partition coefficient (Wildman–Crippen LogP) is 1.96. The van der Waals surface area contributed by atoms with Crippen molar-refractivity contribution >= 4 is 5.91 Å². The van der Waals surface area contributed by atoms with E-state index in [1.54, 1.807) is 12.5 Å². The van der Waals surface area contributed by atoms with Crippen LogP contribution in [0.5, 0.6) is 0 Å². The minimum absolute atomic E-state index is 0.00189. The SMILES string of the molecule is Cc1ccnc(C(=O)N2C[C@H]3CN(Cc4ccco4)CCO[C@H]3C2)c1. The molecule has 2 saturated heterocycles. The maximum Gasteiger partial charge on any atom is 0.272 e. The Morgan fingerprint density at radius 3 is 3.04 bits per heavy atom. The highest BCUT2D eigenvalue weighted by molar-refractivity contribution is 5.92. The second kappa shape index (κ2) is 6.98. The van der Waals surface area contributed by atoms with Crippen LogP contribution in [0.1, 0.15) is 21.8 Å². The van der Waals surface area contributed by atoms with Gasteiger partial charge in [-0.05, 0) is 36.8 Å². The summed E-state index contributed by atoms with van der Waals surface area (Å²) in [5.41, 5.74) is 1.57. The molecule has 0 N–H and O–H groups in total. The molecule has 132 valence electrons. The highest BCUT2D eigenvalue weighted by atomic mass is 16.5. The Morgan fingerprint density at radius 1 is 1.32 bits per heavy atom. The molecule has 2 fully saturated rings. The quantitative estimate of drug-likeness (QED) is 0.854. The van der Waals surface area contributed by atoms with Crippen LogP contribution in [0.15, 0.2) is 41.1 Å². The zero-order valence-corrected chi connectivity index (χ0v) is 14.4. The van der Waals surface area contributed by atoms with Gasteiger partial charge in [0.15, 0.2) is 0 Å². The van der Waals surface area contributed by atoms with Crippen LogP contribution in [-0.2, 0) is 11.3 Å². The molecule has 2 aromatic heterocycles. The summed E-state index contributed by atoms with van der Waals surface area (Å²) >= 11 is 0. The van der Waals surface area contributed by atoms with Gasteiger partial charge >= 0.3 is 0 Å². The number of ether oxygens (including phenoxy) is 1. The average molecular weight is 341 g/mol. The van der Waals surface area contributed by atoms with Crippen LogP contribution in [0.4, 0.5) is 0 Å². The molecule has 2 aliphatic heterocycles. The molecule has 0 unspecified atom stereocenters. The van der Waals surface area contributed by atoms with Gasteiger partial charge in [-0.25, -0.2) is 0 Å². The minimum Gasteiger partial charge on any atom is -0.468 e. The van der Waals surface area contributed by atoms with E-state index in [1.165, 1.54) is 0 Å². The van der Waals surface area contributed by atoms with Gasteiger partial charge in [-0.3, -0.25) is 14.7 Å². The zero-order valence-electron chi connectivity index (χ0n) is 14.4. The third kappa shape index (κ3) is 3.60. The van der Waals surface area contributed by atoms with Gasteiger partial charge in [0, 0.05) is 38.3 Å². The number of hydrogen-bond donors (Lipinski definition) is 0. The van der Waals surface area contributed by atoms with Gasteiger partial charge in [-0.15, -0.1) is 0 Å². The van der Waals surface area contributed by atoms with Crippen LogP contribution in [0.25, 0.3) is 0 Å². The number of carbonyl (C=O) groups is 1. The summed E-state index contributed by atoms with van der Waals surface area (Å²) in [4.78, 5) is 21.2. The van der Waals surface area contributed by atoms with Crippen LogP contribution in [0.2, 0.25) is 0 Å². The summed E-state index contributed by atoms with van der Waals surface area (Å²) in [7, 11) is 0. The molecule has 0 radical (unpaired) electrons. The average Bonchev–Trinajstić information content (AvgIpc) is 3.21. The van der Waals surface area contributed by atoms with E-state index in [0.717, 1.165) is 31.0 Å². The smallest absolute Gasteiger partial charge is 0.272 e. The Morgan fingerprint density at radius 2 is 2.24 bits per heavy atom. The van der Waals surface area contributed by atoms with Crippen molar-refractivity contribution in [3.05, 3.63) is 53.7 Å². The number of fused-ring (bicyclic) bond motifs is 1. The van der Waals surface area contributed by atoms with Crippen molar-refractivity contribution in [1.82, 2.24) is 14.8 Å². The molecule has 0 bridgehead atoms. The third-order valence-corrected chi connectivity index (χ3v) is 4.99. The number of hydrogen-bond acceptors (Lipinski definition) is 5. The number of likely N-dealkylation sites (tertiary alicyclic amines) is 1. The Balaban J connectivity index is 1.42. The van der Waals surface area contributed by atoms with Crippen LogP contribution < -0.4 is 0 Å². The van der Waals surface area contributed by atoms with E-state index in [-0.39, 0.29) is 12.0 Å². The van der Waals surface area contributed by atoms with Crippen LogP contribution in [0, 0.1) is 12.8 Å². The van der Waals surface area contributed by atoms with Gasteiger partial charge in [-0.1, -0.05) is 0 Å². The minimum atomic E-state index is -0.00189. The standard InChI is InChI=1S/C19H23N3O3/c1-14-4-5-20-17(9-14)19(23)22-11-15-10-21(6-8-25-18(15)13-22)12-16-3-2-7-24-16/h2-5,7,9,15,18H,6,8,10-13H2,1H3/t15-,18+/m1/s1. The van der Waals surface area contributed by atoms with Crippen LogP contribution >= 0.6 is 0 Å². The van der Waals surface area contributed by atoms with E-state index >= 15 is 0 Å². The van der Waals surface area contributed by atoms with Crippen LogP contribution in [0.3, 0.4) is 0 Å². The third-order valence-electron chi connectivity index (χ3n) is 4.99. The fourth-order valence-electron chi connectivity index (χ4n) is 3.71. The number of aromatic nitrogens is 1. The molecule has 2 aromatic rings. The number of pyridine rings is 1. The molecule has 6 nitrogen and oxygen atoms in total. The topological polar surface area (TPSA) is 58.8 Å². The Bertz CT molecular complexity index is 731. The molecule has 4 rings (SSSR count). The molecule has 0 aromatic carbocycles. The first kappa shape index (κ1) is 16.3. The summed E-state index contributed by atoms with van der Waals surface area (Å²) in [5, 5.41) is 0. The Kier molecular flexibility index (Phi) is 4.55. The fraction of sp³-hybridized carbons (Fsp3) is 0.474. The maximum atomic E-state index is 12.7. The molecule has 25 heavy (non-hydrogen) atoms. The monoisotopic (exact) mass is 341 g/mol. The molecule has 1 amide bonds. The van der Waals surface area contributed by atoms with Gasteiger partial charge in [0.25, 0.3) is 5.91 Å². The van der Waals surface area contributed by atoms with Crippen molar-refractivity contribution in [3.8, 4) is 0 Å². The number of aryl methyl sites for hydroxylation is 1. The first-order chi connectivity index (χ1) is 12.2. The Hall–Kier alpha value is -2.18. The van der Waals surface area contributed by atoms with Crippen molar-refractivity contribution in [1.29, 1.82) is 0 Å². The molecular weight excluding hydrogens is 318 g/mol. The molecular formula is C19H23N3O3. The summed E-state index contributed by atoms with van der Waals surface area (Å²) in [6.07, 6.45) is 3.51. The molecule has 2 aliphatic rings. The van der Waals surface area contributed by atoms with E-state index in [0.29, 0.717) is 31.3 Å². The first-order valence-electron chi connectivity index (χ1n) is 8.77. The molecule has 4 heterocycles. The number of rotatable bonds is 3. The van der Waals surface area contributed by atoms with Gasteiger partial charge in [-0.2, -0.15) is 0 Å². The normalized spacial score (nSPS) is 24.1. The van der Waals surface area contributed by atoms with Crippen molar-refractivity contribution in [3.63, 3.8) is 0 Å². The van der Waals surface area contributed by atoms with Crippen LogP contribution in [-0.4, -0.2) is 59.6 Å². The van der Waals surface area contributed by atoms with Crippen molar-refractivity contribution in [2.45, 2.75) is 19.6 Å². The van der Waals surface area contributed by atoms with E-state index in [1.807, 2.05) is 36.1 Å². The van der Waals surface area contributed by atoms with Gasteiger partial charge in [0.05, 0.1) is 25.5 Å². The maximum absolute atomic E-state index is 12.7. The lowest BCUT2D eigenvalue weighted by Gasteiger charge is -2.22. The summed E-state index contributed by atoms with van der Waals surface area (Å²) in [5.74, 6) is 1.29. The molecule has 0 saturated carbocycles. The lowest BCUT2D eigenvalue weighted by Crippen LogP contribution is -2.34. The highest BCUT2D eigenvalue weighted by Crippen LogP contribution is 2.25. The molecule has 2 atom stereocenters. The number of furan rings is 1. The number of carbonyl (C=O) groups excluding carboxylic acids is 1. The van der Waals surface area contributed by atoms with Gasteiger partial charge in [0.1, 0.15) is 11.5 Å². The second-order valence-corrected chi connectivity index (χ2v) is 6.91. The van der Waals surface area contributed by atoms with E-state index < -0.39 is 0 Å². The molecule has 0 aliphatic carbocycles. The van der Waals surface area contributed by atoms with Gasteiger partial charge < -0.3 is 14.1 Å². The van der Waals surface area contributed by atoms with Crippen molar-refractivity contribution < 1.29 is 13.9 Å². The number of amides is 1. The summed E-state index contributed by atoms with van der Waals surface area (Å²) in [6.45, 7) is 6.61.